The molecule has 4 aliphatic carbocycles. The van der Waals surface area contributed by atoms with E-state index in [1.165, 1.54) is 16.8 Å². The third-order valence-electron chi connectivity index (χ3n) is 10.8. The highest BCUT2D eigenvalue weighted by Crippen LogP contribution is 2.74. The average Bonchev–Trinajstić information content (AvgIpc) is 3.17. The summed E-state index contributed by atoms with van der Waals surface area (Å²) in [6.45, 7) is 11.0. The fourth-order valence-electron chi connectivity index (χ4n) is 8.71. The molecule has 170 valence electrons. The fraction of sp³-hybridized carbons (Fsp3) is 0.769. The molecule has 0 aromatic carbocycles. The molecule has 0 spiro atoms. The normalized spacial score (nSPS) is 48.3. The van der Waals surface area contributed by atoms with Gasteiger partial charge in [0.1, 0.15) is 5.78 Å². The number of halogens is 1. The minimum Gasteiger partial charge on any atom is -0.391 e. The van der Waals surface area contributed by atoms with Gasteiger partial charge in [0.05, 0.1) is 22.9 Å². The number of allylic oxidation sites excluding steroid dienone is 1. The topological polar surface area (TPSA) is 55.1 Å². The number of nitrogens with zero attached hydrogens (tertiary/aromatic N) is 2. The van der Waals surface area contributed by atoms with E-state index in [2.05, 4.69) is 38.9 Å². The van der Waals surface area contributed by atoms with Crippen LogP contribution in [-0.4, -0.2) is 31.6 Å². The number of hydrogen-bond acceptors (Lipinski definition) is 3. The Hall–Kier alpha value is -1.13. The Morgan fingerprint density at radius 2 is 2.03 bits per heavy atom. The minimum absolute atomic E-state index is 0.206. The Morgan fingerprint density at radius 1 is 1.32 bits per heavy atom. The molecule has 0 radical (unpaired) electrons. The van der Waals surface area contributed by atoms with Crippen molar-refractivity contribution in [3.63, 3.8) is 0 Å². The molecule has 1 aromatic heterocycles. The van der Waals surface area contributed by atoms with Crippen molar-refractivity contribution in [1.29, 1.82) is 0 Å². The van der Waals surface area contributed by atoms with Crippen LogP contribution in [0.4, 0.5) is 0 Å². The number of rotatable bonds is 2. The van der Waals surface area contributed by atoms with E-state index in [4.69, 9.17) is 11.6 Å². The maximum absolute atomic E-state index is 13.3. The summed E-state index contributed by atoms with van der Waals surface area (Å²) in [4.78, 5) is 12.5. The maximum Gasteiger partial charge on any atom is 0.139 e. The minimum atomic E-state index is -0.713. The molecule has 1 heterocycles. The van der Waals surface area contributed by atoms with Gasteiger partial charge < -0.3 is 5.11 Å². The summed E-state index contributed by atoms with van der Waals surface area (Å²) >= 11 is 7.70. The van der Waals surface area contributed by atoms with Gasteiger partial charge >= 0.3 is 0 Å². The zero-order chi connectivity index (χ0) is 22.6. The highest BCUT2D eigenvalue weighted by molar-refractivity contribution is 6.26. The summed E-state index contributed by atoms with van der Waals surface area (Å²) in [5.74, 6) is 1.22. The first-order valence-corrected chi connectivity index (χ1v) is 12.4. The molecule has 3 saturated carbocycles. The van der Waals surface area contributed by atoms with Crippen molar-refractivity contribution < 1.29 is 9.90 Å². The van der Waals surface area contributed by atoms with Crippen molar-refractivity contribution in [3.05, 3.63) is 23.0 Å². The molecular weight excluding hydrogens is 408 g/mol. The van der Waals surface area contributed by atoms with Crippen LogP contribution in [0.5, 0.6) is 0 Å². The molecule has 0 amide bonds. The van der Waals surface area contributed by atoms with Crippen molar-refractivity contribution in [2.75, 3.05) is 0 Å². The van der Waals surface area contributed by atoms with Gasteiger partial charge in [-0.25, -0.2) is 0 Å². The number of aromatic nitrogens is 2. The molecule has 4 nitrogen and oxygen atoms in total. The highest BCUT2D eigenvalue weighted by Gasteiger charge is 2.73. The van der Waals surface area contributed by atoms with E-state index in [1.807, 2.05) is 24.9 Å². The molecule has 4 aliphatic rings. The van der Waals surface area contributed by atoms with E-state index >= 15 is 0 Å². The van der Waals surface area contributed by atoms with Crippen LogP contribution in [-0.2, 0) is 18.3 Å². The zero-order valence-electron chi connectivity index (χ0n) is 19.8. The van der Waals surface area contributed by atoms with Crippen LogP contribution in [0.2, 0.25) is 0 Å². The number of aliphatic hydroxyl groups excluding tert-OH is 1. The molecule has 0 bridgehead atoms. The first-order valence-electron chi connectivity index (χ1n) is 12.1. The SMILES string of the molecule is CCC(=O)[C@@]1(C)[C@@H](C)C[C@H]2[C@@H]3CCC4=Cc5c(cnn5C)C[C@]4(C)[C@@]3(Cl)[C@@H](O)C[C@@]21C. The second kappa shape index (κ2) is 6.47. The Bertz CT molecular complexity index is 984. The molecule has 8 atom stereocenters. The second-order valence-corrected chi connectivity index (χ2v) is 12.3. The lowest BCUT2D eigenvalue weighted by molar-refractivity contribution is -0.153. The number of carbonyl (C=O) groups is 1. The number of fused-ring (bicyclic) bond motifs is 6. The van der Waals surface area contributed by atoms with Crippen LogP contribution in [0.25, 0.3) is 6.08 Å². The van der Waals surface area contributed by atoms with Crippen molar-refractivity contribution >= 4 is 23.5 Å². The summed E-state index contributed by atoms with van der Waals surface area (Å²) in [7, 11) is 1.99. The lowest BCUT2D eigenvalue weighted by Crippen LogP contribution is -2.68. The van der Waals surface area contributed by atoms with Crippen LogP contribution in [0.15, 0.2) is 11.8 Å². The van der Waals surface area contributed by atoms with Crippen LogP contribution in [0, 0.1) is 34.0 Å². The number of alkyl halides is 1. The van der Waals surface area contributed by atoms with Crippen LogP contribution < -0.4 is 0 Å². The molecule has 5 rings (SSSR count). The quantitative estimate of drug-likeness (QED) is 0.640. The standard InChI is InChI=1S/C26H37ClN2O2/c1-7-21(30)25(5)15(2)10-19-18-9-8-17-11-20-16(14-28-29(20)6)12-23(17,3)26(18,27)22(31)13-24(19,25)4/h11,14-15,18-19,22,31H,7-10,12-13H2,1-6H3/t15-,18-,19-,22-,23-,24-,25+,26-/m0/s1. The summed E-state index contributed by atoms with van der Waals surface area (Å²) in [6, 6.07) is 0. The fourth-order valence-corrected chi connectivity index (χ4v) is 9.24. The van der Waals surface area contributed by atoms with Gasteiger partial charge in [-0.15, -0.1) is 11.6 Å². The van der Waals surface area contributed by atoms with E-state index in [-0.39, 0.29) is 16.7 Å². The van der Waals surface area contributed by atoms with Gasteiger partial charge in [0, 0.05) is 24.3 Å². The number of carbonyl (C=O) groups excluding carboxylic acids is 1. The number of Topliss-reactive ketones (excluding diaryl/α,β-unsaturated/α-hetero) is 1. The molecular formula is C26H37ClN2O2. The zero-order valence-corrected chi connectivity index (χ0v) is 20.6. The summed E-state index contributed by atoms with van der Waals surface area (Å²) < 4.78 is 1.95. The Labute approximate surface area is 191 Å². The van der Waals surface area contributed by atoms with Crippen molar-refractivity contribution in [3.8, 4) is 0 Å². The molecule has 31 heavy (non-hydrogen) atoms. The van der Waals surface area contributed by atoms with E-state index in [1.54, 1.807) is 0 Å². The monoisotopic (exact) mass is 444 g/mol. The van der Waals surface area contributed by atoms with Crippen LogP contribution in [0.3, 0.4) is 0 Å². The molecule has 0 unspecified atom stereocenters. The second-order valence-electron chi connectivity index (χ2n) is 11.6. The Morgan fingerprint density at radius 3 is 2.71 bits per heavy atom. The van der Waals surface area contributed by atoms with E-state index in [0.29, 0.717) is 30.5 Å². The molecule has 0 aliphatic heterocycles. The third-order valence-corrected chi connectivity index (χ3v) is 11.8. The first-order chi connectivity index (χ1) is 14.4. The summed E-state index contributed by atoms with van der Waals surface area (Å²) in [6.07, 6.45) is 8.62. The summed E-state index contributed by atoms with van der Waals surface area (Å²) in [5.41, 5.74) is 2.85. The van der Waals surface area contributed by atoms with Gasteiger partial charge in [0.2, 0.25) is 0 Å². The smallest absolute Gasteiger partial charge is 0.139 e. The Kier molecular flexibility index (Phi) is 4.53. The molecule has 3 fully saturated rings. The number of aryl methyl sites for hydroxylation is 1. The molecule has 0 saturated heterocycles. The predicted molar refractivity (Wildman–Crippen MR) is 124 cm³/mol. The first kappa shape index (κ1) is 21.7. The third kappa shape index (κ3) is 2.32. The van der Waals surface area contributed by atoms with Gasteiger partial charge in [-0.05, 0) is 66.9 Å². The maximum atomic E-state index is 13.3. The summed E-state index contributed by atoms with van der Waals surface area (Å²) in [5, 5.41) is 16.3. The van der Waals surface area contributed by atoms with E-state index < -0.39 is 16.4 Å². The highest BCUT2D eigenvalue weighted by atomic mass is 35.5. The van der Waals surface area contributed by atoms with Gasteiger partial charge in [-0.2, -0.15) is 5.10 Å². The van der Waals surface area contributed by atoms with Crippen LogP contribution >= 0.6 is 11.6 Å². The van der Waals surface area contributed by atoms with Crippen molar-refractivity contribution in [1.82, 2.24) is 9.78 Å². The Balaban J connectivity index is 1.62. The predicted octanol–water partition coefficient (Wildman–Crippen LogP) is 5.17. The van der Waals surface area contributed by atoms with Gasteiger partial charge in [-0.3, -0.25) is 9.48 Å². The number of aliphatic hydroxyl groups is 1. The van der Waals surface area contributed by atoms with Crippen LogP contribution in [0.1, 0.15) is 78.0 Å². The van der Waals surface area contributed by atoms with Crippen molar-refractivity contribution in [2.24, 2.45) is 41.0 Å². The number of hydrogen-bond donors (Lipinski definition) is 1. The lowest BCUT2D eigenvalue weighted by atomic mass is 9.43. The average molecular weight is 445 g/mol. The van der Waals surface area contributed by atoms with Crippen molar-refractivity contribution in [2.45, 2.75) is 84.1 Å². The van der Waals surface area contributed by atoms with Gasteiger partial charge in [0.25, 0.3) is 0 Å². The van der Waals surface area contributed by atoms with E-state index in [9.17, 15) is 9.90 Å². The molecule has 5 heteroatoms. The largest absolute Gasteiger partial charge is 0.391 e. The lowest BCUT2D eigenvalue weighted by Gasteiger charge is -2.65. The molecule has 1 aromatic rings. The van der Waals surface area contributed by atoms with Gasteiger partial charge in [-0.1, -0.05) is 40.2 Å². The number of ketones is 1. The van der Waals surface area contributed by atoms with E-state index in [0.717, 1.165) is 25.7 Å². The molecule has 1 N–H and O–H groups in total. The van der Waals surface area contributed by atoms with Gasteiger partial charge in [0.15, 0.2) is 0 Å².